The van der Waals surface area contributed by atoms with Crippen molar-refractivity contribution >= 4 is 35.0 Å². The minimum Gasteiger partial charge on any atom is -0.444 e. The number of nitrogens with one attached hydrogen (secondary N) is 1. The standard InChI is InChI=1S/C12H15Cl2NO2/c1-7-5-6-8(13)10(9(7)14)15-11(16)17-12(2,3)4/h5-6H,1-4H3,(H,15,16). The van der Waals surface area contributed by atoms with E-state index in [1.165, 1.54) is 0 Å². The summed E-state index contributed by atoms with van der Waals surface area (Å²) in [5.41, 5.74) is 0.650. The summed E-state index contributed by atoms with van der Waals surface area (Å²) >= 11 is 12.0. The van der Waals surface area contributed by atoms with Gasteiger partial charge in [-0.3, -0.25) is 5.32 Å². The van der Waals surface area contributed by atoms with Crippen LogP contribution in [0.5, 0.6) is 0 Å². The fourth-order valence-electron chi connectivity index (χ4n) is 1.18. The van der Waals surface area contributed by atoms with Crippen LogP contribution in [0.1, 0.15) is 26.3 Å². The van der Waals surface area contributed by atoms with Crippen molar-refractivity contribution in [3.05, 3.63) is 27.7 Å². The number of amides is 1. The molecule has 0 radical (unpaired) electrons. The molecular weight excluding hydrogens is 261 g/mol. The van der Waals surface area contributed by atoms with E-state index in [2.05, 4.69) is 5.32 Å². The quantitative estimate of drug-likeness (QED) is 0.810. The molecule has 1 aromatic carbocycles. The molecule has 5 heteroatoms. The fourth-order valence-corrected chi connectivity index (χ4v) is 1.64. The molecule has 0 aliphatic rings. The maximum atomic E-state index is 11.6. The first-order chi connectivity index (χ1) is 7.70. The number of halogens is 2. The minimum atomic E-state index is -0.577. The zero-order valence-corrected chi connectivity index (χ0v) is 11.7. The summed E-state index contributed by atoms with van der Waals surface area (Å²) in [7, 11) is 0. The molecule has 0 atom stereocenters. The molecule has 1 rings (SSSR count). The van der Waals surface area contributed by atoms with Crippen LogP contribution >= 0.6 is 23.2 Å². The van der Waals surface area contributed by atoms with Crippen molar-refractivity contribution in [3.63, 3.8) is 0 Å². The van der Waals surface area contributed by atoms with Gasteiger partial charge in [-0.05, 0) is 39.3 Å². The van der Waals surface area contributed by atoms with E-state index in [1.807, 2.05) is 6.92 Å². The smallest absolute Gasteiger partial charge is 0.412 e. The van der Waals surface area contributed by atoms with Crippen molar-refractivity contribution in [2.45, 2.75) is 33.3 Å². The Morgan fingerprint density at radius 2 is 1.88 bits per heavy atom. The van der Waals surface area contributed by atoms with Crippen LogP contribution in [0.2, 0.25) is 10.0 Å². The minimum absolute atomic E-state index is 0.377. The summed E-state index contributed by atoms with van der Waals surface area (Å²) in [6, 6.07) is 3.46. The van der Waals surface area contributed by atoms with Crippen LogP contribution in [0, 0.1) is 6.92 Å². The normalized spacial score (nSPS) is 11.2. The lowest BCUT2D eigenvalue weighted by Gasteiger charge is -2.20. The topological polar surface area (TPSA) is 38.3 Å². The summed E-state index contributed by atoms with van der Waals surface area (Å²) in [6.07, 6.45) is -0.577. The Labute approximate surface area is 111 Å². The van der Waals surface area contributed by atoms with Crippen LogP contribution < -0.4 is 5.32 Å². The molecule has 1 aromatic rings. The molecule has 94 valence electrons. The van der Waals surface area contributed by atoms with E-state index in [0.29, 0.717) is 15.7 Å². The molecule has 0 heterocycles. The highest BCUT2D eigenvalue weighted by molar-refractivity contribution is 6.40. The van der Waals surface area contributed by atoms with Gasteiger partial charge in [-0.1, -0.05) is 29.3 Å². The number of benzene rings is 1. The fraction of sp³-hybridized carbons (Fsp3) is 0.417. The number of hydrogen-bond donors (Lipinski definition) is 1. The third kappa shape index (κ3) is 4.10. The highest BCUT2D eigenvalue weighted by atomic mass is 35.5. The Bertz CT molecular complexity index is 439. The van der Waals surface area contributed by atoms with Crippen LogP contribution in [0.4, 0.5) is 10.5 Å². The van der Waals surface area contributed by atoms with E-state index in [4.69, 9.17) is 27.9 Å². The molecule has 0 saturated heterocycles. The molecule has 0 unspecified atom stereocenters. The van der Waals surface area contributed by atoms with Crippen LogP contribution in [0.25, 0.3) is 0 Å². The van der Waals surface area contributed by atoms with Crippen LogP contribution in [-0.4, -0.2) is 11.7 Å². The van der Waals surface area contributed by atoms with Gasteiger partial charge in [-0.2, -0.15) is 0 Å². The lowest BCUT2D eigenvalue weighted by molar-refractivity contribution is 0.0636. The first-order valence-electron chi connectivity index (χ1n) is 5.15. The predicted octanol–water partition coefficient (Wildman–Crippen LogP) is 4.65. The molecule has 3 nitrogen and oxygen atoms in total. The lowest BCUT2D eigenvalue weighted by atomic mass is 10.2. The first kappa shape index (κ1) is 14.1. The average molecular weight is 276 g/mol. The van der Waals surface area contributed by atoms with Crippen molar-refractivity contribution in [3.8, 4) is 0 Å². The number of carbonyl (C=O) groups is 1. The first-order valence-corrected chi connectivity index (χ1v) is 5.91. The largest absolute Gasteiger partial charge is 0.444 e. The number of carbonyl (C=O) groups excluding carboxylic acids is 1. The van der Waals surface area contributed by atoms with E-state index < -0.39 is 11.7 Å². The zero-order chi connectivity index (χ0) is 13.2. The summed E-state index contributed by atoms with van der Waals surface area (Å²) in [5, 5.41) is 3.35. The Hall–Kier alpha value is -0.930. The van der Waals surface area contributed by atoms with E-state index in [9.17, 15) is 4.79 Å². The van der Waals surface area contributed by atoms with E-state index in [1.54, 1.807) is 32.9 Å². The summed E-state index contributed by atoms with van der Waals surface area (Å²) in [6.45, 7) is 7.18. The SMILES string of the molecule is Cc1ccc(Cl)c(NC(=O)OC(C)(C)C)c1Cl. The van der Waals surface area contributed by atoms with Gasteiger partial charge in [-0.15, -0.1) is 0 Å². The molecular formula is C12H15Cl2NO2. The number of anilines is 1. The van der Waals surface area contributed by atoms with Gasteiger partial charge in [0.25, 0.3) is 0 Å². The van der Waals surface area contributed by atoms with Crippen LogP contribution in [0.15, 0.2) is 12.1 Å². The van der Waals surface area contributed by atoms with E-state index in [0.717, 1.165) is 5.56 Å². The maximum Gasteiger partial charge on any atom is 0.412 e. The Balaban J connectivity index is 2.89. The van der Waals surface area contributed by atoms with Gasteiger partial charge in [-0.25, -0.2) is 4.79 Å². The van der Waals surface area contributed by atoms with Gasteiger partial charge in [0.2, 0.25) is 0 Å². The average Bonchev–Trinajstić information content (AvgIpc) is 2.16. The second kappa shape index (κ2) is 5.15. The lowest BCUT2D eigenvalue weighted by Crippen LogP contribution is -2.27. The highest BCUT2D eigenvalue weighted by Crippen LogP contribution is 2.33. The monoisotopic (exact) mass is 275 g/mol. The summed E-state index contributed by atoms with van der Waals surface area (Å²) in [5.74, 6) is 0. The van der Waals surface area contributed by atoms with Crippen molar-refractivity contribution in [1.29, 1.82) is 0 Å². The summed E-state index contributed by atoms with van der Waals surface area (Å²) in [4.78, 5) is 11.6. The molecule has 0 fully saturated rings. The number of rotatable bonds is 1. The molecule has 0 bridgehead atoms. The van der Waals surface area contributed by atoms with Gasteiger partial charge in [0.1, 0.15) is 5.60 Å². The van der Waals surface area contributed by atoms with Crippen molar-refractivity contribution in [1.82, 2.24) is 0 Å². The predicted molar refractivity (Wildman–Crippen MR) is 71.1 cm³/mol. The number of ether oxygens (including phenoxy) is 1. The van der Waals surface area contributed by atoms with E-state index in [-0.39, 0.29) is 0 Å². The van der Waals surface area contributed by atoms with Gasteiger partial charge >= 0.3 is 6.09 Å². The van der Waals surface area contributed by atoms with Gasteiger partial charge in [0.15, 0.2) is 0 Å². The Kier molecular flexibility index (Phi) is 4.28. The molecule has 0 aliphatic heterocycles. The maximum absolute atomic E-state index is 11.6. The second-order valence-corrected chi connectivity index (χ2v) is 5.47. The van der Waals surface area contributed by atoms with Gasteiger partial charge < -0.3 is 4.74 Å². The second-order valence-electron chi connectivity index (χ2n) is 4.68. The highest BCUT2D eigenvalue weighted by Gasteiger charge is 2.18. The van der Waals surface area contributed by atoms with Crippen molar-refractivity contribution in [2.75, 3.05) is 5.32 Å². The molecule has 0 aliphatic carbocycles. The van der Waals surface area contributed by atoms with Gasteiger partial charge in [0, 0.05) is 0 Å². The van der Waals surface area contributed by atoms with E-state index >= 15 is 0 Å². The Morgan fingerprint density at radius 1 is 1.29 bits per heavy atom. The molecule has 0 aromatic heterocycles. The molecule has 17 heavy (non-hydrogen) atoms. The van der Waals surface area contributed by atoms with Crippen molar-refractivity contribution in [2.24, 2.45) is 0 Å². The number of aryl methyl sites for hydroxylation is 1. The van der Waals surface area contributed by atoms with Crippen molar-refractivity contribution < 1.29 is 9.53 Å². The van der Waals surface area contributed by atoms with Gasteiger partial charge in [0.05, 0.1) is 15.7 Å². The zero-order valence-electron chi connectivity index (χ0n) is 10.2. The molecule has 1 N–H and O–H groups in total. The number of hydrogen-bond acceptors (Lipinski definition) is 2. The molecule has 1 amide bonds. The Morgan fingerprint density at radius 3 is 2.41 bits per heavy atom. The third-order valence-corrected chi connectivity index (χ3v) is 2.71. The van der Waals surface area contributed by atoms with Crippen LogP contribution in [-0.2, 0) is 4.74 Å². The molecule has 0 spiro atoms. The third-order valence-electron chi connectivity index (χ3n) is 1.91. The molecule has 0 saturated carbocycles. The van der Waals surface area contributed by atoms with Crippen LogP contribution in [0.3, 0.4) is 0 Å². The summed E-state index contributed by atoms with van der Waals surface area (Å²) < 4.78 is 5.12.